The molecule has 10 heteroatoms. The number of hydrogen-bond donors (Lipinski definition) is 3. The van der Waals surface area contributed by atoms with Gasteiger partial charge in [0.2, 0.25) is 0 Å². The van der Waals surface area contributed by atoms with Crippen LogP contribution in [0.2, 0.25) is 0 Å². The quantitative estimate of drug-likeness (QED) is 0.118. The maximum Gasteiger partial charge on any atom is 0.264 e. The largest absolute Gasteiger partial charge is 0.390 e. The second-order valence-electron chi connectivity index (χ2n) is 11.8. The molecule has 0 aliphatic carbocycles. The van der Waals surface area contributed by atoms with Gasteiger partial charge in [0.05, 0.1) is 29.3 Å². The Morgan fingerprint density at radius 3 is 2.02 bits per heavy atom. The van der Waals surface area contributed by atoms with Crippen LogP contribution >= 0.6 is 0 Å². The van der Waals surface area contributed by atoms with Gasteiger partial charge in [0.15, 0.2) is 0 Å². The van der Waals surface area contributed by atoms with Crippen molar-refractivity contribution < 1.29 is 27.1 Å². The molecule has 5 aromatic carbocycles. The molecule has 0 saturated heterocycles. The van der Waals surface area contributed by atoms with Crippen molar-refractivity contribution in [2.75, 3.05) is 10.8 Å². The molecule has 2 atom stereocenters. The van der Waals surface area contributed by atoms with Crippen molar-refractivity contribution in [1.29, 1.82) is 0 Å². The predicted octanol–water partition coefficient (Wildman–Crippen LogP) is 6.41. The van der Waals surface area contributed by atoms with Gasteiger partial charge < -0.3 is 15.7 Å². The molecule has 0 radical (unpaired) electrons. The molecule has 0 bridgehead atoms. The van der Waals surface area contributed by atoms with E-state index in [4.69, 9.17) is 0 Å². The monoisotopic (exact) mass is 683 g/mol. The lowest BCUT2D eigenvalue weighted by Gasteiger charge is -2.26. The van der Waals surface area contributed by atoms with E-state index in [1.807, 2.05) is 48.5 Å². The van der Waals surface area contributed by atoms with Gasteiger partial charge in [-0.25, -0.2) is 17.2 Å². The molecule has 0 heterocycles. The second kappa shape index (κ2) is 16.5. The molecule has 49 heavy (non-hydrogen) atoms. The van der Waals surface area contributed by atoms with Crippen LogP contribution in [0.3, 0.4) is 0 Å². The van der Waals surface area contributed by atoms with Crippen molar-refractivity contribution in [1.82, 2.24) is 10.6 Å². The van der Waals surface area contributed by atoms with Crippen LogP contribution in [0.4, 0.5) is 14.5 Å². The van der Waals surface area contributed by atoms with Gasteiger partial charge in [0.25, 0.3) is 15.9 Å². The van der Waals surface area contributed by atoms with E-state index in [-0.39, 0.29) is 35.5 Å². The highest BCUT2D eigenvalue weighted by Gasteiger charge is 2.27. The van der Waals surface area contributed by atoms with Crippen molar-refractivity contribution in [2.45, 2.75) is 49.9 Å². The number of benzene rings is 5. The summed E-state index contributed by atoms with van der Waals surface area (Å²) in [5, 5.41) is 17.2. The van der Waals surface area contributed by atoms with Crippen molar-refractivity contribution in [3.63, 3.8) is 0 Å². The zero-order valence-corrected chi connectivity index (χ0v) is 27.9. The van der Waals surface area contributed by atoms with Crippen LogP contribution in [0.25, 0.3) is 0 Å². The number of carbonyl (C=O) groups excluding carboxylic acids is 1. The first-order valence-electron chi connectivity index (χ1n) is 16.1. The zero-order chi connectivity index (χ0) is 34.8. The zero-order valence-electron chi connectivity index (χ0n) is 27.1. The van der Waals surface area contributed by atoms with Crippen molar-refractivity contribution in [3.05, 3.63) is 167 Å². The summed E-state index contributed by atoms with van der Waals surface area (Å²) < 4.78 is 57.2. The molecule has 5 rings (SSSR count). The number of hydrogen-bond acceptors (Lipinski definition) is 5. The van der Waals surface area contributed by atoms with Crippen LogP contribution in [0.1, 0.15) is 39.5 Å². The van der Waals surface area contributed by atoms with Crippen molar-refractivity contribution in [2.24, 2.45) is 0 Å². The van der Waals surface area contributed by atoms with E-state index >= 15 is 0 Å². The first kappa shape index (κ1) is 35.4. The number of amides is 1. The van der Waals surface area contributed by atoms with Crippen LogP contribution in [-0.4, -0.2) is 38.1 Å². The Balaban J connectivity index is 1.33. The SMILES string of the molecule is CCc1cccc(CNC[C@@H](O)[C@H](Cc2cc(F)cc(F)c2)NC(=O)c2ccc(S(=O)(=O)N(Cc3ccccc3)c3ccccc3)cc2)c1. The topological polar surface area (TPSA) is 98.7 Å². The standard InChI is InChI=1S/C39H39F2N3O4S/c1-2-28-12-9-13-30(20-28)25-42-26-38(45)37(23-31-21-33(40)24-34(41)22-31)43-39(46)32-16-18-36(19-17-32)49(47,48)44(35-14-7-4-8-15-35)27-29-10-5-3-6-11-29/h3-22,24,37-38,42,45H,2,23,25-27H2,1H3,(H,43,46)/t37-,38+/m0/s1. The number of nitrogens with zero attached hydrogens (tertiary/aromatic N) is 1. The summed E-state index contributed by atoms with van der Waals surface area (Å²) in [4.78, 5) is 13.4. The maximum atomic E-state index is 14.0. The summed E-state index contributed by atoms with van der Waals surface area (Å²) >= 11 is 0. The molecule has 1 amide bonds. The predicted molar refractivity (Wildman–Crippen MR) is 188 cm³/mol. The Morgan fingerprint density at radius 1 is 0.755 bits per heavy atom. The van der Waals surface area contributed by atoms with Crippen LogP contribution in [0, 0.1) is 11.6 Å². The summed E-state index contributed by atoms with van der Waals surface area (Å²) in [6.45, 7) is 2.73. The highest BCUT2D eigenvalue weighted by molar-refractivity contribution is 7.92. The van der Waals surface area contributed by atoms with Gasteiger partial charge in [0.1, 0.15) is 11.6 Å². The summed E-state index contributed by atoms with van der Waals surface area (Å²) in [7, 11) is -4.04. The Labute approximate surface area is 286 Å². The van der Waals surface area contributed by atoms with Crippen LogP contribution in [0.5, 0.6) is 0 Å². The number of anilines is 1. The van der Waals surface area contributed by atoms with Crippen LogP contribution in [-0.2, 0) is 36.0 Å². The molecule has 0 spiro atoms. The Hall–Kier alpha value is -4.90. The Bertz CT molecular complexity index is 1920. The fourth-order valence-electron chi connectivity index (χ4n) is 5.55. The van der Waals surface area contributed by atoms with Crippen LogP contribution < -0.4 is 14.9 Å². The summed E-state index contributed by atoms with van der Waals surface area (Å²) in [6.07, 6.45) is -0.283. The van der Waals surface area contributed by atoms with Crippen molar-refractivity contribution in [3.8, 4) is 0 Å². The molecular formula is C39H39F2N3O4S. The highest BCUT2D eigenvalue weighted by Crippen LogP contribution is 2.26. The maximum absolute atomic E-state index is 14.0. The van der Waals surface area contributed by atoms with E-state index in [2.05, 4.69) is 23.6 Å². The molecule has 3 N–H and O–H groups in total. The van der Waals surface area contributed by atoms with Gasteiger partial charge in [-0.1, -0.05) is 79.7 Å². The molecule has 5 aromatic rings. The fourth-order valence-corrected chi connectivity index (χ4v) is 7.00. The summed E-state index contributed by atoms with van der Waals surface area (Å²) in [5.41, 5.74) is 3.92. The third-order valence-electron chi connectivity index (χ3n) is 8.16. The van der Waals surface area contributed by atoms with Gasteiger partial charge in [-0.3, -0.25) is 9.10 Å². The van der Waals surface area contributed by atoms with E-state index in [0.717, 1.165) is 35.7 Å². The minimum atomic E-state index is -4.04. The van der Waals surface area contributed by atoms with Crippen LogP contribution in [0.15, 0.2) is 132 Å². The van der Waals surface area contributed by atoms with Gasteiger partial charge in [0, 0.05) is 24.7 Å². The first-order valence-corrected chi connectivity index (χ1v) is 17.5. The second-order valence-corrected chi connectivity index (χ2v) is 13.7. The number of aryl methyl sites for hydroxylation is 1. The fraction of sp³-hybridized carbons (Fsp3) is 0.205. The highest BCUT2D eigenvalue weighted by atomic mass is 32.2. The number of nitrogens with one attached hydrogen (secondary N) is 2. The molecule has 0 unspecified atom stereocenters. The normalized spacial score (nSPS) is 12.7. The molecule has 254 valence electrons. The average Bonchev–Trinajstić information content (AvgIpc) is 3.10. The molecule has 0 saturated carbocycles. The third-order valence-corrected chi connectivity index (χ3v) is 9.95. The number of halogens is 2. The number of sulfonamides is 1. The van der Waals surface area contributed by atoms with Gasteiger partial charge in [-0.2, -0.15) is 0 Å². The Kier molecular flexibility index (Phi) is 11.9. The first-order chi connectivity index (χ1) is 23.6. The van der Waals surface area contributed by atoms with Gasteiger partial charge >= 0.3 is 0 Å². The van der Waals surface area contributed by atoms with E-state index in [1.165, 1.54) is 34.1 Å². The number of aliphatic hydroxyl groups excluding tert-OH is 1. The molecular weight excluding hydrogens is 645 g/mol. The molecule has 0 aliphatic heterocycles. The van der Waals surface area contributed by atoms with E-state index in [1.54, 1.807) is 30.3 Å². The van der Waals surface area contributed by atoms with Gasteiger partial charge in [-0.15, -0.1) is 0 Å². The molecule has 0 fully saturated rings. The number of aliphatic hydroxyl groups is 1. The Morgan fingerprint density at radius 2 is 1.37 bits per heavy atom. The summed E-state index contributed by atoms with van der Waals surface area (Å²) in [6, 6.07) is 33.7. The lowest BCUT2D eigenvalue weighted by molar-refractivity contribution is 0.0829. The lowest BCUT2D eigenvalue weighted by Crippen LogP contribution is -2.48. The van der Waals surface area contributed by atoms with E-state index < -0.39 is 39.7 Å². The lowest BCUT2D eigenvalue weighted by atomic mass is 10.00. The van der Waals surface area contributed by atoms with E-state index in [0.29, 0.717) is 12.2 Å². The minimum Gasteiger partial charge on any atom is -0.390 e. The molecule has 0 aromatic heterocycles. The average molecular weight is 684 g/mol. The third kappa shape index (κ3) is 9.60. The van der Waals surface area contributed by atoms with E-state index in [9.17, 15) is 27.1 Å². The molecule has 7 nitrogen and oxygen atoms in total. The minimum absolute atomic E-state index is 0.00741. The number of carbonyl (C=O) groups is 1. The summed E-state index contributed by atoms with van der Waals surface area (Å²) in [5.74, 6) is -2.11. The smallest absolute Gasteiger partial charge is 0.264 e. The van der Waals surface area contributed by atoms with Crippen molar-refractivity contribution >= 4 is 21.6 Å². The number of para-hydroxylation sites is 1. The number of rotatable bonds is 15. The van der Waals surface area contributed by atoms with Gasteiger partial charge in [-0.05, 0) is 83.6 Å². The molecule has 0 aliphatic rings.